The number of hydrogen-bond donors (Lipinski definition) is 1. The summed E-state index contributed by atoms with van der Waals surface area (Å²) >= 11 is 0. The summed E-state index contributed by atoms with van der Waals surface area (Å²) in [5, 5.41) is 3.10. The van der Waals surface area contributed by atoms with E-state index in [1.807, 2.05) is 30.3 Å². The highest BCUT2D eigenvalue weighted by molar-refractivity contribution is 5.99. The number of piperidine rings is 1. The molecule has 3 aromatic rings. The Morgan fingerprint density at radius 1 is 0.935 bits per heavy atom. The van der Waals surface area contributed by atoms with Gasteiger partial charge in [0, 0.05) is 30.9 Å². The normalized spacial score (nSPS) is 16.8. The topological polar surface area (TPSA) is 58.1 Å². The molecule has 31 heavy (non-hydrogen) atoms. The second-order valence-electron chi connectivity index (χ2n) is 8.66. The number of rotatable bonds is 6. The second-order valence-corrected chi connectivity index (χ2v) is 8.66. The number of amides is 1. The van der Waals surface area contributed by atoms with E-state index < -0.39 is 0 Å². The summed E-state index contributed by atoms with van der Waals surface area (Å²) in [5.74, 6) is 2.05. The van der Waals surface area contributed by atoms with Crippen LogP contribution in [0.15, 0.2) is 66.9 Å². The van der Waals surface area contributed by atoms with E-state index in [2.05, 4.69) is 45.5 Å². The molecule has 0 unspecified atom stereocenters. The van der Waals surface area contributed by atoms with Crippen molar-refractivity contribution in [1.29, 1.82) is 0 Å². The molecule has 1 saturated heterocycles. The Morgan fingerprint density at radius 2 is 1.61 bits per heavy atom. The zero-order valence-corrected chi connectivity index (χ0v) is 17.7. The highest BCUT2D eigenvalue weighted by Crippen LogP contribution is 2.29. The van der Waals surface area contributed by atoms with Crippen molar-refractivity contribution in [1.82, 2.24) is 15.3 Å². The van der Waals surface area contributed by atoms with Crippen molar-refractivity contribution in [3.63, 3.8) is 0 Å². The van der Waals surface area contributed by atoms with Crippen LogP contribution in [0.2, 0.25) is 0 Å². The van der Waals surface area contributed by atoms with Crippen molar-refractivity contribution in [2.75, 3.05) is 18.0 Å². The largest absolute Gasteiger partial charge is 0.356 e. The Hall–Kier alpha value is -3.21. The molecule has 1 saturated carbocycles. The monoisotopic (exact) mass is 412 g/mol. The SMILES string of the molecule is O=C(NC1CC1)c1cnc(-c2ccccc2)nc1N1CCC(Cc2ccccc2)CC1. The Morgan fingerprint density at radius 3 is 2.29 bits per heavy atom. The summed E-state index contributed by atoms with van der Waals surface area (Å²) in [6.07, 6.45) is 7.15. The van der Waals surface area contributed by atoms with Gasteiger partial charge in [0.2, 0.25) is 0 Å². The highest BCUT2D eigenvalue weighted by Gasteiger charge is 2.29. The maximum Gasteiger partial charge on any atom is 0.256 e. The Balaban J connectivity index is 1.36. The van der Waals surface area contributed by atoms with E-state index in [1.54, 1.807) is 6.20 Å². The van der Waals surface area contributed by atoms with Crippen molar-refractivity contribution >= 4 is 11.7 Å². The Bertz CT molecular complexity index is 1030. The molecule has 1 amide bonds. The lowest BCUT2D eigenvalue weighted by Crippen LogP contribution is -2.37. The molecule has 0 atom stereocenters. The zero-order valence-electron chi connectivity index (χ0n) is 17.7. The average Bonchev–Trinajstić information content (AvgIpc) is 3.64. The second kappa shape index (κ2) is 8.88. The van der Waals surface area contributed by atoms with Gasteiger partial charge in [-0.1, -0.05) is 60.7 Å². The molecule has 1 N–H and O–H groups in total. The van der Waals surface area contributed by atoms with Crippen molar-refractivity contribution in [3.8, 4) is 11.4 Å². The van der Waals surface area contributed by atoms with Crippen LogP contribution in [-0.2, 0) is 6.42 Å². The fourth-order valence-electron chi connectivity index (χ4n) is 4.29. The molecule has 1 aromatic heterocycles. The van der Waals surface area contributed by atoms with Crippen LogP contribution in [0.25, 0.3) is 11.4 Å². The van der Waals surface area contributed by atoms with Gasteiger partial charge in [-0.2, -0.15) is 0 Å². The predicted molar refractivity (Wildman–Crippen MR) is 123 cm³/mol. The molecule has 2 aliphatic rings. The lowest BCUT2D eigenvalue weighted by atomic mass is 9.90. The molecular formula is C26H28N4O. The van der Waals surface area contributed by atoms with Gasteiger partial charge >= 0.3 is 0 Å². The number of benzene rings is 2. The van der Waals surface area contributed by atoms with Gasteiger partial charge in [0.1, 0.15) is 11.4 Å². The van der Waals surface area contributed by atoms with Crippen molar-refractivity contribution < 1.29 is 4.79 Å². The molecule has 1 aliphatic carbocycles. The van der Waals surface area contributed by atoms with E-state index in [4.69, 9.17) is 4.98 Å². The van der Waals surface area contributed by atoms with E-state index in [-0.39, 0.29) is 5.91 Å². The molecule has 2 heterocycles. The minimum Gasteiger partial charge on any atom is -0.356 e. The zero-order chi connectivity index (χ0) is 21.0. The Labute approximate surface area is 183 Å². The van der Waals surface area contributed by atoms with Gasteiger partial charge in [-0.3, -0.25) is 4.79 Å². The Kier molecular flexibility index (Phi) is 5.65. The third-order valence-corrected chi connectivity index (χ3v) is 6.24. The van der Waals surface area contributed by atoms with Gasteiger partial charge < -0.3 is 10.2 Å². The first kappa shape index (κ1) is 19.7. The maximum atomic E-state index is 12.9. The average molecular weight is 413 g/mol. The lowest BCUT2D eigenvalue weighted by molar-refractivity contribution is 0.0951. The molecule has 0 spiro atoms. The first-order valence-electron chi connectivity index (χ1n) is 11.3. The number of anilines is 1. The number of nitrogens with zero attached hydrogens (tertiary/aromatic N) is 3. The lowest BCUT2D eigenvalue weighted by Gasteiger charge is -2.34. The summed E-state index contributed by atoms with van der Waals surface area (Å²) < 4.78 is 0. The quantitative estimate of drug-likeness (QED) is 0.648. The van der Waals surface area contributed by atoms with Crippen LogP contribution < -0.4 is 10.2 Å². The third-order valence-electron chi connectivity index (χ3n) is 6.24. The summed E-state index contributed by atoms with van der Waals surface area (Å²) in [6, 6.07) is 21.0. The van der Waals surface area contributed by atoms with Crippen LogP contribution in [0.4, 0.5) is 5.82 Å². The fraction of sp³-hybridized carbons (Fsp3) is 0.346. The molecule has 0 bridgehead atoms. The molecule has 158 valence electrons. The first-order chi connectivity index (χ1) is 15.3. The van der Waals surface area contributed by atoms with E-state index in [0.717, 1.165) is 56.6 Å². The minimum atomic E-state index is -0.0523. The van der Waals surface area contributed by atoms with Gasteiger partial charge in [0.25, 0.3) is 5.91 Å². The van der Waals surface area contributed by atoms with Crippen LogP contribution in [0.5, 0.6) is 0 Å². The molecule has 5 nitrogen and oxygen atoms in total. The van der Waals surface area contributed by atoms with E-state index in [0.29, 0.717) is 23.3 Å². The minimum absolute atomic E-state index is 0.0523. The predicted octanol–water partition coefficient (Wildman–Crippen LogP) is 4.49. The summed E-state index contributed by atoms with van der Waals surface area (Å²) in [5.41, 5.74) is 2.96. The smallest absolute Gasteiger partial charge is 0.256 e. The summed E-state index contributed by atoms with van der Waals surface area (Å²) in [6.45, 7) is 1.82. The first-order valence-corrected chi connectivity index (χ1v) is 11.3. The number of carbonyl (C=O) groups is 1. The number of carbonyl (C=O) groups excluding carboxylic acids is 1. The van der Waals surface area contributed by atoms with Gasteiger partial charge in [0.05, 0.1) is 0 Å². The van der Waals surface area contributed by atoms with Crippen molar-refractivity contribution in [2.24, 2.45) is 5.92 Å². The maximum absolute atomic E-state index is 12.9. The van der Waals surface area contributed by atoms with Crippen molar-refractivity contribution in [3.05, 3.63) is 78.0 Å². The van der Waals surface area contributed by atoms with Crippen LogP contribution >= 0.6 is 0 Å². The van der Waals surface area contributed by atoms with Gasteiger partial charge in [-0.15, -0.1) is 0 Å². The van der Waals surface area contributed by atoms with Crippen LogP contribution in [0.3, 0.4) is 0 Å². The molecule has 2 aromatic carbocycles. The molecule has 1 aliphatic heterocycles. The van der Waals surface area contributed by atoms with Gasteiger partial charge in [-0.05, 0) is 43.6 Å². The molecule has 0 radical (unpaired) electrons. The standard InChI is InChI=1S/C26H28N4O/c31-26(28-22-11-12-22)23-18-27-24(21-9-5-2-6-10-21)29-25(23)30-15-13-20(14-16-30)17-19-7-3-1-4-8-19/h1-10,18,20,22H,11-17H2,(H,28,31). The number of aromatic nitrogens is 2. The molecule has 5 heteroatoms. The van der Waals surface area contributed by atoms with Gasteiger partial charge in [0.15, 0.2) is 5.82 Å². The number of nitrogens with one attached hydrogen (secondary N) is 1. The molecule has 5 rings (SSSR count). The summed E-state index contributed by atoms with van der Waals surface area (Å²) in [7, 11) is 0. The fourth-order valence-corrected chi connectivity index (χ4v) is 4.29. The summed E-state index contributed by atoms with van der Waals surface area (Å²) in [4.78, 5) is 24.6. The van der Waals surface area contributed by atoms with Crippen LogP contribution in [0.1, 0.15) is 41.6 Å². The van der Waals surface area contributed by atoms with E-state index >= 15 is 0 Å². The molecule has 2 fully saturated rings. The highest BCUT2D eigenvalue weighted by atomic mass is 16.1. The van der Waals surface area contributed by atoms with Crippen LogP contribution in [-0.4, -0.2) is 35.0 Å². The molecular weight excluding hydrogens is 384 g/mol. The van der Waals surface area contributed by atoms with E-state index in [9.17, 15) is 4.79 Å². The van der Waals surface area contributed by atoms with E-state index in [1.165, 1.54) is 5.56 Å². The number of hydrogen-bond acceptors (Lipinski definition) is 4. The van der Waals surface area contributed by atoms with Gasteiger partial charge in [-0.25, -0.2) is 9.97 Å². The third kappa shape index (κ3) is 4.76. The van der Waals surface area contributed by atoms with Crippen LogP contribution in [0, 0.1) is 5.92 Å². The van der Waals surface area contributed by atoms with Crippen molar-refractivity contribution in [2.45, 2.75) is 38.1 Å².